The van der Waals surface area contributed by atoms with Gasteiger partial charge in [0.1, 0.15) is 0 Å². The average molecular weight is 281 g/mol. The molecule has 0 radical (unpaired) electrons. The summed E-state index contributed by atoms with van der Waals surface area (Å²) in [6.07, 6.45) is -0.567. The van der Waals surface area contributed by atoms with Crippen molar-refractivity contribution in [1.29, 1.82) is 0 Å². The van der Waals surface area contributed by atoms with Gasteiger partial charge in [-0.05, 0) is 50.5 Å². The highest BCUT2D eigenvalue weighted by molar-refractivity contribution is 5.92. The lowest BCUT2D eigenvalue weighted by Crippen LogP contribution is -2.18. The van der Waals surface area contributed by atoms with Gasteiger partial charge in [0, 0.05) is 12.1 Å². The molecule has 20 heavy (non-hydrogen) atoms. The fourth-order valence-corrected chi connectivity index (χ4v) is 2.18. The Morgan fingerprint density at radius 3 is 2.25 bits per heavy atom. The smallest absolute Gasteiger partial charge is 0.338 e. The summed E-state index contributed by atoms with van der Waals surface area (Å²) in [6, 6.07) is 3.24. The molecule has 2 atom stereocenters. The molecular weight excluding hydrogens is 258 g/mol. The van der Waals surface area contributed by atoms with E-state index in [1.807, 2.05) is 0 Å². The van der Waals surface area contributed by atoms with Crippen LogP contribution >= 0.6 is 0 Å². The molecule has 5 heteroatoms. The number of anilines is 1. The Balaban J connectivity index is 3.32. The van der Waals surface area contributed by atoms with E-state index in [2.05, 4.69) is 0 Å². The van der Waals surface area contributed by atoms with Crippen LogP contribution in [0.2, 0.25) is 0 Å². The minimum Gasteiger partial charge on any atom is -0.462 e. The summed E-state index contributed by atoms with van der Waals surface area (Å²) in [5, 5.41) is 19.2. The molecule has 0 saturated heterocycles. The number of rotatable bonds is 6. The molecule has 1 aromatic rings. The van der Waals surface area contributed by atoms with Gasteiger partial charge in [0.2, 0.25) is 0 Å². The standard InChI is InChI=1S/C15H23NO4/c1-4-20-15(19)11-5-6-14(16)13(8-10(3)18)12(11)7-9(2)17/h5-6,9-10,17-18H,4,7-8,16H2,1-3H3. The molecular formula is C15H23NO4. The molecule has 5 nitrogen and oxygen atoms in total. The van der Waals surface area contributed by atoms with E-state index in [1.165, 1.54) is 0 Å². The maximum atomic E-state index is 12.0. The highest BCUT2D eigenvalue weighted by Crippen LogP contribution is 2.25. The first kappa shape index (κ1) is 16.5. The van der Waals surface area contributed by atoms with Gasteiger partial charge in [0.25, 0.3) is 0 Å². The maximum absolute atomic E-state index is 12.0. The molecule has 2 unspecified atom stereocenters. The molecule has 0 aliphatic heterocycles. The van der Waals surface area contributed by atoms with Gasteiger partial charge >= 0.3 is 5.97 Å². The Hall–Kier alpha value is -1.59. The van der Waals surface area contributed by atoms with Gasteiger partial charge in [0.05, 0.1) is 24.4 Å². The first-order valence-corrected chi connectivity index (χ1v) is 6.80. The van der Waals surface area contributed by atoms with Gasteiger partial charge in [-0.2, -0.15) is 0 Å². The van der Waals surface area contributed by atoms with E-state index in [4.69, 9.17) is 10.5 Å². The third kappa shape index (κ3) is 4.21. The molecule has 0 aliphatic rings. The summed E-state index contributed by atoms with van der Waals surface area (Å²) < 4.78 is 5.03. The van der Waals surface area contributed by atoms with Crippen molar-refractivity contribution < 1.29 is 19.7 Å². The summed E-state index contributed by atoms with van der Waals surface area (Å²) in [5.74, 6) is -0.435. The minimum atomic E-state index is -0.613. The van der Waals surface area contributed by atoms with Crippen LogP contribution in [0.5, 0.6) is 0 Å². The second-order valence-corrected chi connectivity index (χ2v) is 4.99. The molecule has 0 fully saturated rings. The van der Waals surface area contributed by atoms with Gasteiger partial charge in [-0.1, -0.05) is 0 Å². The number of nitrogen functional groups attached to an aromatic ring is 1. The second-order valence-electron chi connectivity index (χ2n) is 4.99. The van der Waals surface area contributed by atoms with Crippen molar-refractivity contribution in [3.05, 3.63) is 28.8 Å². The first-order valence-electron chi connectivity index (χ1n) is 6.80. The van der Waals surface area contributed by atoms with Crippen LogP contribution in [0.1, 0.15) is 42.3 Å². The molecule has 0 spiro atoms. The lowest BCUT2D eigenvalue weighted by atomic mass is 9.91. The van der Waals surface area contributed by atoms with Gasteiger partial charge < -0.3 is 20.7 Å². The number of aliphatic hydroxyl groups is 2. The maximum Gasteiger partial charge on any atom is 0.338 e. The Bertz CT molecular complexity index is 469. The number of nitrogens with two attached hydrogens (primary N) is 1. The van der Waals surface area contributed by atoms with E-state index in [1.54, 1.807) is 32.9 Å². The monoisotopic (exact) mass is 281 g/mol. The fourth-order valence-electron chi connectivity index (χ4n) is 2.18. The number of carbonyl (C=O) groups is 1. The average Bonchev–Trinajstić information content (AvgIpc) is 2.33. The normalized spacial score (nSPS) is 13.8. The van der Waals surface area contributed by atoms with Crippen molar-refractivity contribution in [2.45, 2.75) is 45.8 Å². The van der Waals surface area contributed by atoms with E-state index in [0.717, 1.165) is 0 Å². The number of aliphatic hydroxyl groups excluding tert-OH is 2. The third-order valence-electron chi connectivity index (χ3n) is 2.96. The molecule has 0 aromatic heterocycles. The van der Waals surface area contributed by atoms with Crippen molar-refractivity contribution >= 4 is 11.7 Å². The Kier molecular flexibility index (Phi) is 5.98. The number of hydrogen-bond donors (Lipinski definition) is 3. The zero-order chi connectivity index (χ0) is 15.3. The van der Waals surface area contributed by atoms with E-state index in [0.29, 0.717) is 35.2 Å². The molecule has 0 saturated carbocycles. The number of hydrogen-bond acceptors (Lipinski definition) is 5. The first-order chi connectivity index (χ1) is 9.36. The van der Waals surface area contributed by atoms with Crippen molar-refractivity contribution in [3.8, 4) is 0 Å². The fraction of sp³-hybridized carbons (Fsp3) is 0.533. The summed E-state index contributed by atoms with van der Waals surface area (Å²) in [7, 11) is 0. The van der Waals surface area contributed by atoms with Crippen LogP contribution in [0.4, 0.5) is 5.69 Å². The second kappa shape index (κ2) is 7.26. The van der Waals surface area contributed by atoms with Crippen LogP contribution in [0.25, 0.3) is 0 Å². The van der Waals surface area contributed by atoms with Crippen LogP contribution < -0.4 is 5.73 Å². The largest absolute Gasteiger partial charge is 0.462 e. The van der Waals surface area contributed by atoms with Gasteiger partial charge in [-0.3, -0.25) is 0 Å². The third-order valence-corrected chi connectivity index (χ3v) is 2.96. The topological polar surface area (TPSA) is 92.8 Å². The lowest BCUT2D eigenvalue weighted by Gasteiger charge is -2.18. The van der Waals surface area contributed by atoms with E-state index < -0.39 is 18.2 Å². The molecule has 4 N–H and O–H groups in total. The van der Waals surface area contributed by atoms with Gasteiger partial charge in [-0.15, -0.1) is 0 Å². The van der Waals surface area contributed by atoms with Crippen LogP contribution in [0, 0.1) is 0 Å². The highest BCUT2D eigenvalue weighted by Gasteiger charge is 2.20. The molecule has 0 bridgehead atoms. The summed E-state index contributed by atoms with van der Waals surface area (Å²) in [6.45, 7) is 5.32. The van der Waals surface area contributed by atoms with Crippen molar-refractivity contribution in [3.63, 3.8) is 0 Å². The molecule has 112 valence electrons. The SMILES string of the molecule is CCOC(=O)c1ccc(N)c(CC(C)O)c1CC(C)O. The minimum absolute atomic E-state index is 0.281. The van der Waals surface area contributed by atoms with Crippen LogP contribution in [0.15, 0.2) is 12.1 Å². The molecule has 0 aliphatic carbocycles. The van der Waals surface area contributed by atoms with Crippen molar-refractivity contribution in [2.24, 2.45) is 0 Å². The predicted molar refractivity (Wildman–Crippen MR) is 77.6 cm³/mol. The quantitative estimate of drug-likeness (QED) is 0.540. The molecule has 0 amide bonds. The summed E-state index contributed by atoms with van der Waals surface area (Å²) >= 11 is 0. The zero-order valence-electron chi connectivity index (χ0n) is 12.2. The summed E-state index contributed by atoms with van der Waals surface area (Å²) in [4.78, 5) is 12.0. The molecule has 0 heterocycles. The van der Waals surface area contributed by atoms with Crippen LogP contribution in [-0.4, -0.2) is 35.0 Å². The molecule has 1 aromatic carbocycles. The Morgan fingerprint density at radius 1 is 1.20 bits per heavy atom. The highest BCUT2D eigenvalue weighted by atomic mass is 16.5. The molecule has 1 rings (SSSR count). The van der Waals surface area contributed by atoms with Crippen molar-refractivity contribution in [2.75, 3.05) is 12.3 Å². The van der Waals surface area contributed by atoms with Gasteiger partial charge in [0.15, 0.2) is 0 Å². The van der Waals surface area contributed by atoms with E-state index >= 15 is 0 Å². The Morgan fingerprint density at radius 2 is 1.75 bits per heavy atom. The lowest BCUT2D eigenvalue weighted by molar-refractivity contribution is 0.0524. The Labute approximate surface area is 119 Å². The van der Waals surface area contributed by atoms with Crippen LogP contribution in [0.3, 0.4) is 0 Å². The summed E-state index contributed by atoms with van der Waals surface area (Å²) in [5.41, 5.74) is 8.21. The van der Waals surface area contributed by atoms with Gasteiger partial charge in [-0.25, -0.2) is 4.79 Å². The van der Waals surface area contributed by atoms with E-state index in [9.17, 15) is 15.0 Å². The predicted octanol–water partition coefficient (Wildman–Crippen LogP) is 1.29. The number of benzene rings is 1. The number of ether oxygens (including phenoxy) is 1. The van der Waals surface area contributed by atoms with E-state index in [-0.39, 0.29) is 6.61 Å². The number of carbonyl (C=O) groups excluding carboxylic acids is 1. The van der Waals surface area contributed by atoms with Crippen LogP contribution in [-0.2, 0) is 17.6 Å². The zero-order valence-corrected chi connectivity index (χ0v) is 12.2. The van der Waals surface area contributed by atoms with Crippen molar-refractivity contribution in [1.82, 2.24) is 0 Å². The number of esters is 1.